The normalized spacial score (nSPS) is 16.0. The number of hydrogen-bond acceptors (Lipinski definition) is 3. The van der Waals surface area contributed by atoms with Gasteiger partial charge in [-0.25, -0.2) is 4.79 Å². The van der Waals surface area contributed by atoms with Gasteiger partial charge in [0.15, 0.2) is 0 Å². The third-order valence-electron chi connectivity index (χ3n) is 3.74. The predicted molar refractivity (Wildman–Crippen MR) is 83.6 cm³/mol. The number of likely N-dealkylation sites (tertiary alicyclic amines) is 1. The summed E-state index contributed by atoms with van der Waals surface area (Å²) in [5, 5.41) is 0. The minimum atomic E-state index is -0.432. The molecule has 21 heavy (non-hydrogen) atoms. The lowest BCUT2D eigenvalue weighted by Crippen LogP contribution is -2.50. The Hall–Kier alpha value is -1.58. The van der Waals surface area contributed by atoms with Gasteiger partial charge in [-0.2, -0.15) is 0 Å². The fourth-order valence-corrected chi connectivity index (χ4v) is 2.48. The lowest BCUT2D eigenvalue weighted by molar-refractivity contribution is 0.00811. The van der Waals surface area contributed by atoms with E-state index in [0.29, 0.717) is 11.8 Å². The van der Waals surface area contributed by atoms with Gasteiger partial charge in [0.1, 0.15) is 5.60 Å². The number of rotatable bonds is 2. The smallest absolute Gasteiger partial charge is 0.410 e. The molecule has 2 rings (SSSR count). The summed E-state index contributed by atoms with van der Waals surface area (Å²) < 4.78 is 5.38. The molecule has 4 heteroatoms. The van der Waals surface area contributed by atoms with Crippen molar-refractivity contribution in [2.45, 2.75) is 59.0 Å². The molecule has 1 aromatic rings. The SMILES string of the molecule is Cc1cc(C(C)C)ncc1C1CN(C(=O)OC(C)(C)C)C1. The van der Waals surface area contributed by atoms with Crippen LogP contribution < -0.4 is 0 Å². The minimum Gasteiger partial charge on any atom is -0.444 e. The van der Waals surface area contributed by atoms with Gasteiger partial charge in [0.05, 0.1) is 0 Å². The molecule has 0 unspecified atom stereocenters. The highest BCUT2D eigenvalue weighted by Crippen LogP contribution is 2.31. The molecule has 2 heterocycles. The van der Waals surface area contributed by atoms with Crippen LogP contribution in [0.2, 0.25) is 0 Å². The number of nitrogens with zero attached hydrogens (tertiary/aromatic N) is 2. The molecule has 1 saturated heterocycles. The van der Waals surface area contributed by atoms with E-state index in [1.807, 2.05) is 27.0 Å². The maximum Gasteiger partial charge on any atom is 0.410 e. The van der Waals surface area contributed by atoms with Crippen LogP contribution in [0.1, 0.15) is 63.3 Å². The molecule has 1 fully saturated rings. The summed E-state index contributed by atoms with van der Waals surface area (Å²) in [7, 11) is 0. The van der Waals surface area contributed by atoms with Gasteiger partial charge in [-0.1, -0.05) is 13.8 Å². The van der Waals surface area contributed by atoms with Crippen LogP contribution >= 0.6 is 0 Å². The van der Waals surface area contributed by atoms with Crippen LogP contribution in [0.15, 0.2) is 12.3 Å². The standard InChI is InChI=1S/C17H26N2O2/c1-11(2)15-7-12(3)14(8-18-15)13-9-19(10-13)16(20)21-17(4,5)6/h7-8,11,13H,9-10H2,1-6H3. The van der Waals surface area contributed by atoms with Crippen LogP contribution in [0.25, 0.3) is 0 Å². The second-order valence-corrected chi connectivity index (χ2v) is 7.20. The van der Waals surface area contributed by atoms with Crippen LogP contribution in [0.3, 0.4) is 0 Å². The Morgan fingerprint density at radius 1 is 1.38 bits per heavy atom. The first-order valence-electron chi connectivity index (χ1n) is 7.61. The number of pyridine rings is 1. The largest absolute Gasteiger partial charge is 0.444 e. The Kier molecular flexibility index (Phi) is 4.26. The number of aromatic nitrogens is 1. The van der Waals surface area contributed by atoms with Gasteiger partial charge in [0.2, 0.25) is 0 Å². The van der Waals surface area contributed by atoms with Crippen LogP contribution in [-0.2, 0) is 4.74 Å². The molecule has 0 N–H and O–H groups in total. The van der Waals surface area contributed by atoms with E-state index in [-0.39, 0.29) is 6.09 Å². The average molecular weight is 290 g/mol. The molecule has 0 atom stereocenters. The maximum absolute atomic E-state index is 11.9. The monoisotopic (exact) mass is 290 g/mol. The first-order chi connectivity index (χ1) is 9.67. The van der Waals surface area contributed by atoms with E-state index < -0.39 is 5.60 Å². The highest BCUT2D eigenvalue weighted by Gasteiger charge is 2.35. The Morgan fingerprint density at radius 3 is 2.48 bits per heavy atom. The fourth-order valence-electron chi connectivity index (χ4n) is 2.48. The van der Waals surface area contributed by atoms with E-state index >= 15 is 0 Å². The maximum atomic E-state index is 11.9. The van der Waals surface area contributed by atoms with Gasteiger partial charge in [0, 0.05) is 30.9 Å². The van der Waals surface area contributed by atoms with Crippen molar-refractivity contribution in [3.8, 4) is 0 Å². The van der Waals surface area contributed by atoms with E-state index in [1.165, 1.54) is 11.1 Å². The van der Waals surface area contributed by atoms with Crippen molar-refractivity contribution < 1.29 is 9.53 Å². The van der Waals surface area contributed by atoms with Crippen molar-refractivity contribution in [1.29, 1.82) is 0 Å². The number of carbonyl (C=O) groups is 1. The van der Waals surface area contributed by atoms with Gasteiger partial charge >= 0.3 is 6.09 Å². The summed E-state index contributed by atoms with van der Waals surface area (Å²) >= 11 is 0. The topological polar surface area (TPSA) is 42.4 Å². The average Bonchev–Trinajstić information content (AvgIpc) is 2.26. The highest BCUT2D eigenvalue weighted by atomic mass is 16.6. The molecule has 0 aromatic carbocycles. The molecule has 1 aliphatic rings. The predicted octanol–water partition coefficient (Wildman–Crippen LogP) is 3.85. The first-order valence-corrected chi connectivity index (χ1v) is 7.61. The van der Waals surface area contributed by atoms with Crippen molar-refractivity contribution in [3.63, 3.8) is 0 Å². The van der Waals surface area contributed by atoms with E-state index in [1.54, 1.807) is 4.90 Å². The number of carbonyl (C=O) groups excluding carboxylic acids is 1. The van der Waals surface area contributed by atoms with E-state index in [0.717, 1.165) is 18.8 Å². The Bertz CT molecular complexity index is 526. The molecule has 1 amide bonds. The fraction of sp³-hybridized carbons (Fsp3) is 0.647. The van der Waals surface area contributed by atoms with Crippen molar-refractivity contribution in [3.05, 3.63) is 29.1 Å². The molecule has 1 aromatic heterocycles. The third kappa shape index (κ3) is 3.74. The zero-order chi connectivity index (χ0) is 15.8. The molecule has 0 saturated carbocycles. The van der Waals surface area contributed by atoms with Crippen molar-refractivity contribution in [1.82, 2.24) is 9.88 Å². The summed E-state index contributed by atoms with van der Waals surface area (Å²) in [5.74, 6) is 0.823. The van der Waals surface area contributed by atoms with Gasteiger partial charge in [-0.05, 0) is 50.8 Å². The number of ether oxygens (including phenoxy) is 1. The molecule has 0 bridgehead atoms. The molecule has 0 aliphatic carbocycles. The van der Waals surface area contributed by atoms with Crippen molar-refractivity contribution >= 4 is 6.09 Å². The summed E-state index contributed by atoms with van der Waals surface area (Å²) in [6.45, 7) is 13.5. The zero-order valence-electron chi connectivity index (χ0n) is 13.9. The molecular formula is C17H26N2O2. The lowest BCUT2D eigenvalue weighted by Gasteiger charge is -2.40. The molecule has 116 valence electrons. The second-order valence-electron chi connectivity index (χ2n) is 7.20. The van der Waals surface area contributed by atoms with Crippen molar-refractivity contribution in [2.24, 2.45) is 0 Å². The highest BCUT2D eigenvalue weighted by molar-refractivity contribution is 5.69. The van der Waals surface area contributed by atoms with Crippen LogP contribution in [0.4, 0.5) is 4.79 Å². The van der Waals surface area contributed by atoms with Gasteiger partial charge in [-0.3, -0.25) is 4.98 Å². The quantitative estimate of drug-likeness (QED) is 0.831. The molecule has 0 radical (unpaired) electrons. The summed E-state index contributed by atoms with van der Waals surface area (Å²) in [6, 6.07) is 2.16. The summed E-state index contributed by atoms with van der Waals surface area (Å²) in [4.78, 5) is 18.2. The van der Waals surface area contributed by atoms with Crippen molar-refractivity contribution in [2.75, 3.05) is 13.1 Å². The number of aryl methyl sites for hydroxylation is 1. The van der Waals surface area contributed by atoms with Crippen LogP contribution in [-0.4, -0.2) is 34.7 Å². The molecule has 4 nitrogen and oxygen atoms in total. The number of hydrogen-bond donors (Lipinski definition) is 0. The van der Waals surface area contributed by atoms with E-state index in [9.17, 15) is 4.79 Å². The molecule has 0 spiro atoms. The van der Waals surface area contributed by atoms with E-state index in [2.05, 4.69) is 31.8 Å². The first kappa shape index (κ1) is 15.8. The Morgan fingerprint density at radius 2 is 2.00 bits per heavy atom. The van der Waals surface area contributed by atoms with Crippen LogP contribution in [0, 0.1) is 6.92 Å². The molecular weight excluding hydrogens is 264 g/mol. The van der Waals surface area contributed by atoms with Gasteiger partial charge in [-0.15, -0.1) is 0 Å². The van der Waals surface area contributed by atoms with Gasteiger partial charge in [0.25, 0.3) is 0 Å². The summed E-state index contributed by atoms with van der Waals surface area (Å²) in [6.07, 6.45) is 1.75. The second kappa shape index (κ2) is 5.66. The Balaban J connectivity index is 1.97. The zero-order valence-corrected chi connectivity index (χ0v) is 13.9. The van der Waals surface area contributed by atoms with Gasteiger partial charge < -0.3 is 9.64 Å². The van der Waals surface area contributed by atoms with E-state index in [4.69, 9.17) is 4.74 Å². The number of amides is 1. The molecule has 1 aliphatic heterocycles. The Labute approximate surface area is 127 Å². The lowest BCUT2D eigenvalue weighted by atomic mass is 9.89. The third-order valence-corrected chi connectivity index (χ3v) is 3.74. The minimum absolute atomic E-state index is 0.219. The summed E-state index contributed by atoms with van der Waals surface area (Å²) in [5.41, 5.74) is 3.21. The van der Waals surface area contributed by atoms with Crippen LogP contribution in [0.5, 0.6) is 0 Å².